The van der Waals surface area contributed by atoms with Gasteiger partial charge in [-0.05, 0) is 37.2 Å². The molecule has 0 aliphatic heterocycles. The highest BCUT2D eigenvalue weighted by atomic mass is 32.2. The Labute approximate surface area is 128 Å². The Hall–Kier alpha value is -1.48. The lowest BCUT2D eigenvalue weighted by atomic mass is 10.3. The van der Waals surface area contributed by atoms with E-state index in [1.165, 1.54) is 23.5 Å². The Kier molecular flexibility index (Phi) is 5.68. The topological polar surface area (TPSA) is 94.3 Å². The molecule has 0 bridgehead atoms. The zero-order valence-electron chi connectivity index (χ0n) is 11.4. The van der Waals surface area contributed by atoms with Crippen LogP contribution in [0.15, 0.2) is 40.9 Å². The van der Waals surface area contributed by atoms with E-state index < -0.39 is 10.0 Å². The van der Waals surface area contributed by atoms with E-state index in [0.29, 0.717) is 18.9 Å². The van der Waals surface area contributed by atoms with Crippen LogP contribution >= 0.6 is 11.3 Å². The third-order valence-electron chi connectivity index (χ3n) is 2.67. The predicted molar refractivity (Wildman–Crippen MR) is 81.7 cm³/mol. The SMILES string of the molecule is NCCCOc1ccc(S(=O)(=O)NCc2cncs2)cc1. The number of aromatic nitrogens is 1. The third kappa shape index (κ3) is 4.78. The van der Waals surface area contributed by atoms with Gasteiger partial charge in [-0.3, -0.25) is 4.98 Å². The number of hydrogen-bond acceptors (Lipinski definition) is 6. The maximum atomic E-state index is 12.1. The molecule has 2 aromatic rings. The van der Waals surface area contributed by atoms with E-state index in [1.807, 2.05) is 0 Å². The van der Waals surface area contributed by atoms with E-state index >= 15 is 0 Å². The first-order chi connectivity index (χ1) is 10.1. The second-order valence-electron chi connectivity index (χ2n) is 4.25. The highest BCUT2D eigenvalue weighted by molar-refractivity contribution is 7.89. The van der Waals surface area contributed by atoms with Gasteiger partial charge < -0.3 is 10.5 Å². The summed E-state index contributed by atoms with van der Waals surface area (Å²) in [5.74, 6) is 0.629. The van der Waals surface area contributed by atoms with Gasteiger partial charge in [0, 0.05) is 17.6 Å². The van der Waals surface area contributed by atoms with Crippen LogP contribution in [-0.4, -0.2) is 26.6 Å². The first kappa shape index (κ1) is 15.9. The molecule has 0 saturated heterocycles. The molecule has 0 aliphatic carbocycles. The average Bonchev–Trinajstić information content (AvgIpc) is 3.00. The molecule has 0 spiro atoms. The largest absolute Gasteiger partial charge is 0.494 e. The summed E-state index contributed by atoms with van der Waals surface area (Å²) < 4.78 is 32.2. The van der Waals surface area contributed by atoms with Crippen molar-refractivity contribution < 1.29 is 13.2 Å². The zero-order chi connectivity index (χ0) is 15.1. The number of nitrogens with one attached hydrogen (secondary N) is 1. The standard InChI is InChI=1S/C13H17N3O3S2/c14-6-1-7-19-11-2-4-13(5-3-11)21(17,18)16-9-12-8-15-10-20-12/h2-5,8,10,16H,1,6-7,9,14H2. The van der Waals surface area contributed by atoms with Crippen LogP contribution in [0.1, 0.15) is 11.3 Å². The first-order valence-electron chi connectivity index (χ1n) is 6.42. The van der Waals surface area contributed by atoms with Crippen molar-refractivity contribution in [3.05, 3.63) is 40.8 Å². The summed E-state index contributed by atoms with van der Waals surface area (Å²) in [7, 11) is -3.52. The van der Waals surface area contributed by atoms with Crippen LogP contribution in [0.4, 0.5) is 0 Å². The van der Waals surface area contributed by atoms with E-state index in [-0.39, 0.29) is 11.4 Å². The number of rotatable bonds is 8. The van der Waals surface area contributed by atoms with E-state index in [9.17, 15) is 8.42 Å². The molecule has 0 amide bonds. The fourth-order valence-electron chi connectivity index (χ4n) is 1.57. The van der Waals surface area contributed by atoms with Gasteiger partial charge in [-0.25, -0.2) is 13.1 Å². The van der Waals surface area contributed by atoms with Gasteiger partial charge in [-0.15, -0.1) is 11.3 Å². The van der Waals surface area contributed by atoms with E-state index in [4.69, 9.17) is 10.5 Å². The number of thiazole rings is 1. The van der Waals surface area contributed by atoms with Crippen molar-refractivity contribution in [1.29, 1.82) is 0 Å². The molecule has 2 rings (SSSR count). The highest BCUT2D eigenvalue weighted by Crippen LogP contribution is 2.16. The van der Waals surface area contributed by atoms with Gasteiger partial charge >= 0.3 is 0 Å². The minimum Gasteiger partial charge on any atom is -0.494 e. The van der Waals surface area contributed by atoms with Crippen molar-refractivity contribution in [3.63, 3.8) is 0 Å². The molecule has 6 nitrogen and oxygen atoms in total. The van der Waals surface area contributed by atoms with Crippen molar-refractivity contribution in [2.75, 3.05) is 13.2 Å². The molecule has 1 aromatic heterocycles. The normalized spacial score (nSPS) is 11.5. The van der Waals surface area contributed by atoms with Crippen LogP contribution < -0.4 is 15.2 Å². The van der Waals surface area contributed by atoms with Gasteiger partial charge in [0.05, 0.1) is 17.0 Å². The van der Waals surface area contributed by atoms with E-state index in [0.717, 1.165) is 11.3 Å². The van der Waals surface area contributed by atoms with Gasteiger partial charge in [0.1, 0.15) is 5.75 Å². The van der Waals surface area contributed by atoms with Crippen LogP contribution in [0.2, 0.25) is 0 Å². The fraction of sp³-hybridized carbons (Fsp3) is 0.308. The average molecular weight is 327 g/mol. The molecule has 114 valence electrons. The molecule has 0 fully saturated rings. The smallest absolute Gasteiger partial charge is 0.240 e. The van der Waals surface area contributed by atoms with Crippen LogP contribution in [0.25, 0.3) is 0 Å². The fourth-order valence-corrected chi connectivity index (χ4v) is 3.20. The second-order valence-corrected chi connectivity index (χ2v) is 6.99. The molecule has 0 aliphatic rings. The van der Waals surface area contributed by atoms with Crippen LogP contribution in [-0.2, 0) is 16.6 Å². The summed E-state index contributed by atoms with van der Waals surface area (Å²) in [5, 5.41) is 0. The molecule has 1 heterocycles. The Bertz CT molecular complexity index is 640. The number of nitrogens with two attached hydrogens (primary N) is 1. The zero-order valence-corrected chi connectivity index (χ0v) is 13.0. The number of benzene rings is 1. The van der Waals surface area contributed by atoms with Crippen LogP contribution in [0.3, 0.4) is 0 Å². The molecule has 8 heteroatoms. The van der Waals surface area contributed by atoms with Gasteiger partial charge in [0.15, 0.2) is 0 Å². The van der Waals surface area contributed by atoms with Crippen molar-refractivity contribution >= 4 is 21.4 Å². The number of ether oxygens (including phenoxy) is 1. The molecule has 0 unspecified atom stereocenters. The third-order valence-corrected chi connectivity index (χ3v) is 4.87. The first-order valence-corrected chi connectivity index (χ1v) is 8.78. The summed E-state index contributed by atoms with van der Waals surface area (Å²) in [6, 6.07) is 6.31. The maximum absolute atomic E-state index is 12.1. The molecule has 1 aromatic carbocycles. The van der Waals surface area contributed by atoms with E-state index in [1.54, 1.807) is 23.8 Å². The lowest BCUT2D eigenvalue weighted by molar-refractivity contribution is 0.313. The van der Waals surface area contributed by atoms with Crippen molar-refractivity contribution in [2.24, 2.45) is 5.73 Å². The lowest BCUT2D eigenvalue weighted by Gasteiger charge is -2.08. The van der Waals surface area contributed by atoms with Crippen molar-refractivity contribution in [1.82, 2.24) is 9.71 Å². The van der Waals surface area contributed by atoms with Crippen molar-refractivity contribution in [3.8, 4) is 5.75 Å². The minimum absolute atomic E-state index is 0.207. The molecule has 0 saturated carbocycles. The van der Waals surface area contributed by atoms with Gasteiger partial charge in [-0.2, -0.15) is 0 Å². The van der Waals surface area contributed by atoms with Gasteiger partial charge in [0.25, 0.3) is 0 Å². The van der Waals surface area contributed by atoms with Gasteiger partial charge in [-0.1, -0.05) is 0 Å². The Morgan fingerprint density at radius 1 is 1.29 bits per heavy atom. The quantitative estimate of drug-likeness (QED) is 0.714. The summed E-state index contributed by atoms with van der Waals surface area (Å²) >= 11 is 1.40. The number of sulfonamides is 1. The summed E-state index contributed by atoms with van der Waals surface area (Å²) in [4.78, 5) is 4.97. The van der Waals surface area contributed by atoms with E-state index in [2.05, 4.69) is 9.71 Å². The van der Waals surface area contributed by atoms with Gasteiger partial charge in [0.2, 0.25) is 10.0 Å². The van der Waals surface area contributed by atoms with Crippen LogP contribution in [0, 0.1) is 0 Å². The monoisotopic (exact) mass is 327 g/mol. The predicted octanol–water partition coefficient (Wildman–Crippen LogP) is 1.35. The highest BCUT2D eigenvalue weighted by Gasteiger charge is 2.14. The maximum Gasteiger partial charge on any atom is 0.240 e. The Morgan fingerprint density at radius 3 is 2.67 bits per heavy atom. The molecule has 3 N–H and O–H groups in total. The molecule has 0 atom stereocenters. The lowest BCUT2D eigenvalue weighted by Crippen LogP contribution is -2.22. The second kappa shape index (κ2) is 7.51. The van der Waals surface area contributed by atoms with Crippen molar-refractivity contribution in [2.45, 2.75) is 17.9 Å². The van der Waals surface area contributed by atoms with Crippen LogP contribution in [0.5, 0.6) is 5.75 Å². The summed E-state index contributed by atoms with van der Waals surface area (Å²) in [6.07, 6.45) is 2.40. The number of nitrogens with zero attached hydrogens (tertiary/aromatic N) is 1. The Balaban J connectivity index is 1.96. The number of hydrogen-bond donors (Lipinski definition) is 2. The molecule has 0 radical (unpaired) electrons. The molecular formula is C13H17N3O3S2. The molecular weight excluding hydrogens is 310 g/mol. The minimum atomic E-state index is -3.52. The summed E-state index contributed by atoms with van der Waals surface area (Å²) in [5.41, 5.74) is 7.04. The summed E-state index contributed by atoms with van der Waals surface area (Å²) in [6.45, 7) is 1.32. The Morgan fingerprint density at radius 2 is 2.05 bits per heavy atom. The molecule has 21 heavy (non-hydrogen) atoms.